The van der Waals surface area contributed by atoms with Crippen molar-refractivity contribution in [2.24, 2.45) is 0 Å². The number of thiophene rings is 1. The van der Waals surface area contributed by atoms with Gasteiger partial charge in [-0.3, -0.25) is 4.79 Å². The van der Waals surface area contributed by atoms with Crippen molar-refractivity contribution < 1.29 is 9.90 Å². The molecule has 1 aromatic rings. The fourth-order valence-corrected chi connectivity index (χ4v) is 2.44. The van der Waals surface area contributed by atoms with Gasteiger partial charge in [-0.25, -0.2) is 0 Å². The molecule has 1 amide bonds. The van der Waals surface area contributed by atoms with Crippen LogP contribution in [0.4, 0.5) is 0 Å². The summed E-state index contributed by atoms with van der Waals surface area (Å²) in [4.78, 5) is 15.4. The van der Waals surface area contributed by atoms with E-state index in [9.17, 15) is 9.90 Å². The predicted molar refractivity (Wildman–Crippen MR) is 70.6 cm³/mol. The molecule has 1 heterocycles. The van der Waals surface area contributed by atoms with Crippen LogP contribution in [0.1, 0.15) is 21.5 Å². The summed E-state index contributed by atoms with van der Waals surface area (Å²) >= 11 is 1.46. The zero-order valence-corrected chi connectivity index (χ0v) is 11.6. The number of carbonyl (C=O) groups excluding carboxylic acids is 1. The molecule has 0 aliphatic rings. The quantitative estimate of drug-likeness (QED) is 0.829. The van der Waals surface area contributed by atoms with Crippen LogP contribution in [0.25, 0.3) is 0 Å². The highest BCUT2D eigenvalue weighted by atomic mass is 32.1. The molecule has 0 aliphatic carbocycles. The summed E-state index contributed by atoms with van der Waals surface area (Å²) in [7, 11) is 3.78. The van der Waals surface area contributed by atoms with Crippen molar-refractivity contribution >= 4 is 17.2 Å². The number of amides is 1. The second kappa shape index (κ2) is 5.62. The lowest BCUT2D eigenvalue weighted by molar-refractivity contribution is 0.0326. The van der Waals surface area contributed by atoms with Crippen LogP contribution in [0.3, 0.4) is 0 Å². The van der Waals surface area contributed by atoms with E-state index in [1.165, 1.54) is 11.3 Å². The number of carbonyl (C=O) groups is 1. The SMILES string of the molecule is Cc1ccc(C(=O)NCC(C)(O)CN(C)C)s1. The molecule has 0 saturated heterocycles. The zero-order chi connectivity index (χ0) is 13.1. The molecule has 0 aliphatic heterocycles. The Morgan fingerprint density at radius 3 is 2.65 bits per heavy atom. The first kappa shape index (κ1) is 14.2. The van der Waals surface area contributed by atoms with Crippen molar-refractivity contribution in [3.63, 3.8) is 0 Å². The second-order valence-corrected chi connectivity index (χ2v) is 6.12. The highest BCUT2D eigenvalue weighted by Crippen LogP contribution is 2.14. The lowest BCUT2D eigenvalue weighted by atomic mass is 10.1. The molecule has 17 heavy (non-hydrogen) atoms. The van der Waals surface area contributed by atoms with Gasteiger partial charge in [-0.15, -0.1) is 11.3 Å². The van der Waals surface area contributed by atoms with E-state index in [4.69, 9.17) is 0 Å². The van der Waals surface area contributed by atoms with E-state index in [2.05, 4.69) is 5.32 Å². The number of aryl methyl sites for hydroxylation is 1. The number of hydrogen-bond donors (Lipinski definition) is 2. The van der Waals surface area contributed by atoms with Gasteiger partial charge in [0.1, 0.15) is 0 Å². The van der Waals surface area contributed by atoms with Gasteiger partial charge in [0, 0.05) is 18.0 Å². The molecule has 1 atom stereocenters. The van der Waals surface area contributed by atoms with Gasteiger partial charge < -0.3 is 15.3 Å². The van der Waals surface area contributed by atoms with Gasteiger partial charge in [-0.2, -0.15) is 0 Å². The van der Waals surface area contributed by atoms with Crippen molar-refractivity contribution in [3.8, 4) is 0 Å². The van der Waals surface area contributed by atoms with Crippen molar-refractivity contribution in [2.45, 2.75) is 19.4 Å². The fourth-order valence-electron chi connectivity index (χ4n) is 1.65. The van der Waals surface area contributed by atoms with Crippen LogP contribution in [-0.4, -0.2) is 48.7 Å². The summed E-state index contributed by atoms with van der Waals surface area (Å²) in [5.74, 6) is -0.123. The van der Waals surface area contributed by atoms with Gasteiger partial charge >= 0.3 is 0 Å². The molecule has 0 fully saturated rings. The maximum atomic E-state index is 11.8. The Morgan fingerprint density at radius 1 is 1.53 bits per heavy atom. The minimum Gasteiger partial charge on any atom is -0.387 e. The van der Waals surface area contributed by atoms with Gasteiger partial charge in [0.15, 0.2) is 0 Å². The van der Waals surface area contributed by atoms with Crippen LogP contribution < -0.4 is 5.32 Å². The summed E-state index contributed by atoms with van der Waals surface area (Å²) < 4.78 is 0. The molecule has 0 spiro atoms. The van der Waals surface area contributed by atoms with Crippen LogP contribution in [0.15, 0.2) is 12.1 Å². The molecule has 5 heteroatoms. The van der Waals surface area contributed by atoms with Gasteiger partial charge in [0.25, 0.3) is 5.91 Å². The zero-order valence-electron chi connectivity index (χ0n) is 10.8. The number of rotatable bonds is 5. The third kappa shape index (κ3) is 4.85. The molecule has 4 nitrogen and oxygen atoms in total. The third-order valence-corrected chi connectivity index (χ3v) is 3.25. The first-order valence-electron chi connectivity index (χ1n) is 5.52. The van der Waals surface area contributed by atoms with E-state index in [1.807, 2.05) is 32.0 Å². The van der Waals surface area contributed by atoms with Crippen molar-refractivity contribution in [1.29, 1.82) is 0 Å². The van der Waals surface area contributed by atoms with Crippen molar-refractivity contribution in [1.82, 2.24) is 10.2 Å². The molecule has 0 radical (unpaired) electrons. The van der Waals surface area contributed by atoms with Crippen molar-refractivity contribution in [3.05, 3.63) is 21.9 Å². The minimum atomic E-state index is -0.911. The normalized spacial score (nSPS) is 14.7. The van der Waals surface area contributed by atoms with Crippen molar-refractivity contribution in [2.75, 3.05) is 27.2 Å². The fraction of sp³-hybridized carbons (Fsp3) is 0.583. The molecular formula is C12H20N2O2S. The minimum absolute atomic E-state index is 0.123. The first-order chi connectivity index (χ1) is 7.80. The summed E-state index contributed by atoms with van der Waals surface area (Å²) in [5, 5.41) is 12.8. The number of nitrogens with zero attached hydrogens (tertiary/aromatic N) is 1. The number of nitrogens with one attached hydrogen (secondary N) is 1. The smallest absolute Gasteiger partial charge is 0.261 e. The lowest BCUT2D eigenvalue weighted by Crippen LogP contribution is -2.47. The molecular weight excluding hydrogens is 236 g/mol. The summed E-state index contributed by atoms with van der Waals surface area (Å²) in [5.41, 5.74) is -0.911. The Labute approximate surface area is 106 Å². The van der Waals surface area contributed by atoms with Crippen LogP contribution in [0.5, 0.6) is 0 Å². The standard InChI is InChI=1S/C12H20N2O2S/c1-9-5-6-10(17-9)11(15)13-7-12(2,16)8-14(3)4/h5-6,16H,7-8H2,1-4H3,(H,13,15). The topological polar surface area (TPSA) is 52.6 Å². The largest absolute Gasteiger partial charge is 0.387 e. The first-order valence-corrected chi connectivity index (χ1v) is 6.33. The number of aliphatic hydroxyl groups is 1. The molecule has 0 saturated carbocycles. The second-order valence-electron chi connectivity index (χ2n) is 4.83. The van der Waals surface area contributed by atoms with E-state index < -0.39 is 5.60 Å². The van der Waals surface area contributed by atoms with E-state index in [0.717, 1.165) is 4.88 Å². The van der Waals surface area contributed by atoms with Crippen LogP contribution in [0, 0.1) is 6.92 Å². The van der Waals surface area contributed by atoms with E-state index >= 15 is 0 Å². The lowest BCUT2D eigenvalue weighted by Gasteiger charge is -2.26. The number of likely N-dealkylation sites (N-methyl/N-ethyl adjacent to an activating group) is 1. The van der Waals surface area contributed by atoms with Crippen LogP contribution >= 0.6 is 11.3 Å². The molecule has 0 aromatic carbocycles. The van der Waals surface area contributed by atoms with Gasteiger partial charge in [0.05, 0.1) is 10.5 Å². The predicted octanol–water partition coefficient (Wildman–Crippen LogP) is 1.10. The van der Waals surface area contributed by atoms with E-state index in [1.54, 1.807) is 13.0 Å². The summed E-state index contributed by atoms with van der Waals surface area (Å²) in [6.45, 7) is 4.44. The van der Waals surface area contributed by atoms with Gasteiger partial charge in [-0.05, 0) is 40.1 Å². The average Bonchev–Trinajstić information content (AvgIpc) is 2.59. The molecule has 0 bridgehead atoms. The summed E-state index contributed by atoms with van der Waals surface area (Å²) in [6, 6.07) is 3.72. The Kier molecular flexibility index (Phi) is 4.68. The summed E-state index contributed by atoms with van der Waals surface area (Å²) in [6.07, 6.45) is 0. The average molecular weight is 256 g/mol. The molecule has 1 unspecified atom stereocenters. The van der Waals surface area contributed by atoms with Crippen LogP contribution in [-0.2, 0) is 0 Å². The highest BCUT2D eigenvalue weighted by Gasteiger charge is 2.22. The monoisotopic (exact) mass is 256 g/mol. The molecule has 1 aromatic heterocycles. The maximum absolute atomic E-state index is 11.8. The Hall–Kier alpha value is -0.910. The Bertz CT molecular complexity index is 386. The molecule has 1 rings (SSSR count). The number of hydrogen-bond acceptors (Lipinski definition) is 4. The third-order valence-electron chi connectivity index (χ3n) is 2.25. The maximum Gasteiger partial charge on any atom is 0.261 e. The van der Waals surface area contributed by atoms with Gasteiger partial charge in [-0.1, -0.05) is 0 Å². The Morgan fingerprint density at radius 2 is 2.18 bits per heavy atom. The highest BCUT2D eigenvalue weighted by molar-refractivity contribution is 7.13. The van der Waals surface area contributed by atoms with Gasteiger partial charge in [0.2, 0.25) is 0 Å². The Balaban J connectivity index is 2.48. The van der Waals surface area contributed by atoms with E-state index in [-0.39, 0.29) is 12.5 Å². The molecule has 96 valence electrons. The molecule has 2 N–H and O–H groups in total. The van der Waals surface area contributed by atoms with Crippen LogP contribution in [0.2, 0.25) is 0 Å². The van der Waals surface area contributed by atoms with E-state index in [0.29, 0.717) is 11.4 Å².